The minimum atomic E-state index is -0.437. The number of furan rings is 1. The highest BCUT2D eigenvalue weighted by molar-refractivity contribution is 7.13. The van der Waals surface area contributed by atoms with Crippen molar-refractivity contribution in [1.29, 1.82) is 0 Å². The van der Waals surface area contributed by atoms with Gasteiger partial charge in [0, 0.05) is 17.1 Å². The Bertz CT molecular complexity index is 712. The predicted octanol–water partition coefficient (Wildman–Crippen LogP) is 4.81. The third kappa shape index (κ3) is 2.84. The number of thiazole rings is 1. The molecule has 6 heteroatoms. The van der Waals surface area contributed by atoms with E-state index >= 15 is 0 Å². The summed E-state index contributed by atoms with van der Waals surface area (Å²) >= 11 is 7.29. The van der Waals surface area contributed by atoms with E-state index in [0.717, 1.165) is 16.5 Å². The smallest absolute Gasteiger partial charge is 0.182 e. The van der Waals surface area contributed by atoms with Gasteiger partial charge in [0.05, 0.1) is 11.6 Å². The molecule has 0 aliphatic heterocycles. The van der Waals surface area contributed by atoms with Crippen LogP contribution in [0.4, 0.5) is 9.52 Å². The van der Waals surface area contributed by atoms with Gasteiger partial charge in [-0.2, -0.15) is 0 Å². The maximum absolute atomic E-state index is 13.1. The predicted molar refractivity (Wildman–Crippen MR) is 78.6 cm³/mol. The first kappa shape index (κ1) is 13.1. The van der Waals surface area contributed by atoms with Gasteiger partial charge in [-0.05, 0) is 30.3 Å². The molecule has 0 saturated carbocycles. The average molecular weight is 309 g/mol. The van der Waals surface area contributed by atoms with Gasteiger partial charge in [0.1, 0.15) is 17.3 Å². The lowest BCUT2D eigenvalue weighted by atomic mass is 10.2. The number of rotatable bonds is 4. The molecule has 20 heavy (non-hydrogen) atoms. The van der Waals surface area contributed by atoms with Gasteiger partial charge >= 0.3 is 0 Å². The second-order valence-electron chi connectivity index (χ2n) is 4.09. The van der Waals surface area contributed by atoms with Gasteiger partial charge in [-0.1, -0.05) is 11.6 Å². The fourth-order valence-corrected chi connectivity index (χ4v) is 2.46. The van der Waals surface area contributed by atoms with Crippen LogP contribution in [0.3, 0.4) is 0 Å². The molecule has 0 fully saturated rings. The molecule has 0 amide bonds. The zero-order chi connectivity index (χ0) is 13.9. The zero-order valence-electron chi connectivity index (χ0n) is 10.3. The van der Waals surface area contributed by atoms with Gasteiger partial charge in [0.2, 0.25) is 0 Å². The van der Waals surface area contributed by atoms with Crippen LogP contribution in [0.5, 0.6) is 0 Å². The number of halogens is 2. The van der Waals surface area contributed by atoms with Crippen LogP contribution in [-0.4, -0.2) is 4.98 Å². The summed E-state index contributed by atoms with van der Waals surface area (Å²) in [6.07, 6.45) is 1.74. The second-order valence-corrected chi connectivity index (χ2v) is 5.39. The number of hydrogen-bond acceptors (Lipinski definition) is 4. The first-order chi connectivity index (χ1) is 9.72. The highest BCUT2D eigenvalue weighted by Crippen LogP contribution is 2.26. The Morgan fingerprint density at radius 1 is 1.30 bits per heavy atom. The SMILES string of the molecule is Fc1ccc(-c2ccc(CNc3nccs3)o2)cc1Cl. The molecule has 2 aromatic heterocycles. The molecule has 0 bridgehead atoms. The molecule has 0 aliphatic carbocycles. The number of nitrogens with zero attached hydrogens (tertiary/aromatic N) is 1. The topological polar surface area (TPSA) is 38.1 Å². The van der Waals surface area contributed by atoms with Crippen molar-refractivity contribution in [2.24, 2.45) is 0 Å². The third-order valence-corrected chi connectivity index (χ3v) is 3.73. The Morgan fingerprint density at radius 2 is 2.20 bits per heavy atom. The summed E-state index contributed by atoms with van der Waals surface area (Å²) in [5, 5.41) is 5.98. The highest BCUT2D eigenvalue weighted by atomic mass is 35.5. The van der Waals surface area contributed by atoms with Gasteiger partial charge < -0.3 is 9.73 Å². The second kappa shape index (κ2) is 5.64. The summed E-state index contributed by atoms with van der Waals surface area (Å²) in [6.45, 7) is 0.544. The maximum Gasteiger partial charge on any atom is 0.182 e. The molecule has 1 N–H and O–H groups in total. The zero-order valence-corrected chi connectivity index (χ0v) is 11.8. The molecular weight excluding hydrogens is 299 g/mol. The first-order valence-corrected chi connectivity index (χ1v) is 7.15. The Kier molecular flexibility index (Phi) is 3.71. The first-order valence-electron chi connectivity index (χ1n) is 5.90. The van der Waals surface area contributed by atoms with Crippen LogP contribution < -0.4 is 5.32 Å². The summed E-state index contributed by atoms with van der Waals surface area (Å²) in [6, 6.07) is 8.22. The van der Waals surface area contributed by atoms with E-state index in [1.165, 1.54) is 17.4 Å². The van der Waals surface area contributed by atoms with Crippen molar-refractivity contribution < 1.29 is 8.81 Å². The Balaban J connectivity index is 1.74. The Hall–Kier alpha value is -1.85. The molecule has 3 aromatic rings. The molecule has 3 nitrogen and oxygen atoms in total. The summed E-state index contributed by atoms with van der Waals surface area (Å²) in [7, 11) is 0. The molecule has 0 saturated heterocycles. The van der Waals surface area contributed by atoms with Crippen molar-refractivity contribution >= 4 is 28.1 Å². The lowest BCUT2D eigenvalue weighted by Crippen LogP contribution is -1.96. The fourth-order valence-electron chi connectivity index (χ4n) is 1.75. The highest BCUT2D eigenvalue weighted by Gasteiger charge is 2.08. The molecule has 0 unspecified atom stereocenters. The van der Waals surface area contributed by atoms with Crippen LogP contribution in [0.15, 0.2) is 46.3 Å². The number of aromatic nitrogens is 1. The molecule has 3 rings (SSSR count). The van der Waals surface area contributed by atoms with E-state index in [0.29, 0.717) is 12.3 Å². The number of benzene rings is 1. The summed E-state index contributed by atoms with van der Waals surface area (Å²) in [4.78, 5) is 4.12. The van der Waals surface area contributed by atoms with E-state index in [4.69, 9.17) is 16.0 Å². The van der Waals surface area contributed by atoms with Crippen LogP contribution in [0.25, 0.3) is 11.3 Å². The van der Waals surface area contributed by atoms with Crippen molar-refractivity contribution in [2.45, 2.75) is 6.54 Å². The van der Waals surface area contributed by atoms with Crippen LogP contribution in [0, 0.1) is 5.82 Å². The Labute approximate surface area is 124 Å². The van der Waals surface area contributed by atoms with Gasteiger partial charge in [-0.3, -0.25) is 0 Å². The van der Waals surface area contributed by atoms with E-state index in [-0.39, 0.29) is 5.02 Å². The molecular formula is C14H10ClFN2OS. The molecule has 0 atom stereocenters. The summed E-state index contributed by atoms with van der Waals surface area (Å²) in [5.41, 5.74) is 0.747. The van der Waals surface area contributed by atoms with Crippen molar-refractivity contribution in [3.63, 3.8) is 0 Å². The van der Waals surface area contributed by atoms with E-state index in [1.807, 2.05) is 17.5 Å². The quantitative estimate of drug-likeness (QED) is 0.751. The van der Waals surface area contributed by atoms with Crippen LogP contribution in [0.2, 0.25) is 5.02 Å². The van der Waals surface area contributed by atoms with Crippen LogP contribution in [0.1, 0.15) is 5.76 Å². The van der Waals surface area contributed by atoms with Crippen molar-refractivity contribution in [3.05, 3.63) is 58.5 Å². The van der Waals surface area contributed by atoms with E-state index in [9.17, 15) is 4.39 Å². The van der Waals surface area contributed by atoms with Crippen molar-refractivity contribution in [1.82, 2.24) is 4.98 Å². The minimum Gasteiger partial charge on any atom is -0.459 e. The minimum absolute atomic E-state index is 0.0846. The van der Waals surface area contributed by atoms with Gasteiger partial charge in [-0.25, -0.2) is 9.37 Å². The van der Waals surface area contributed by atoms with Crippen LogP contribution in [-0.2, 0) is 6.54 Å². The standard InChI is InChI=1S/C14H10ClFN2OS/c15-11-7-9(1-3-12(11)16)13-4-2-10(19-13)8-18-14-17-5-6-20-14/h1-7H,8H2,(H,17,18). The van der Waals surface area contributed by atoms with Gasteiger partial charge in [0.25, 0.3) is 0 Å². The van der Waals surface area contributed by atoms with Gasteiger partial charge in [-0.15, -0.1) is 11.3 Å². The van der Waals surface area contributed by atoms with Crippen molar-refractivity contribution in [2.75, 3.05) is 5.32 Å². The monoisotopic (exact) mass is 308 g/mol. The number of hydrogen-bond donors (Lipinski definition) is 1. The lowest BCUT2D eigenvalue weighted by Gasteiger charge is -2.01. The van der Waals surface area contributed by atoms with E-state index in [2.05, 4.69) is 10.3 Å². The average Bonchev–Trinajstić information content (AvgIpc) is 3.10. The molecule has 102 valence electrons. The Morgan fingerprint density at radius 3 is 2.95 bits per heavy atom. The molecule has 0 radical (unpaired) electrons. The van der Waals surface area contributed by atoms with Crippen LogP contribution >= 0.6 is 22.9 Å². The summed E-state index contributed by atoms with van der Waals surface area (Å²) < 4.78 is 18.8. The number of nitrogens with one attached hydrogen (secondary N) is 1. The fraction of sp³-hybridized carbons (Fsp3) is 0.0714. The largest absolute Gasteiger partial charge is 0.459 e. The molecule has 1 aromatic carbocycles. The van der Waals surface area contributed by atoms with Gasteiger partial charge in [0.15, 0.2) is 5.13 Å². The molecule has 2 heterocycles. The van der Waals surface area contributed by atoms with E-state index < -0.39 is 5.82 Å². The normalized spacial score (nSPS) is 10.7. The number of anilines is 1. The molecule has 0 spiro atoms. The van der Waals surface area contributed by atoms with E-state index in [1.54, 1.807) is 18.3 Å². The maximum atomic E-state index is 13.1. The summed E-state index contributed by atoms with van der Waals surface area (Å²) in [5.74, 6) is 0.992. The lowest BCUT2D eigenvalue weighted by molar-refractivity contribution is 0.531. The molecule has 0 aliphatic rings. The third-order valence-electron chi connectivity index (χ3n) is 2.71. The van der Waals surface area contributed by atoms with Crippen molar-refractivity contribution in [3.8, 4) is 11.3 Å².